The number of hydrogen-bond acceptors (Lipinski definition) is 4. The fraction of sp³-hybridized carbons (Fsp3) is 0.182. The molecule has 0 saturated heterocycles. The van der Waals surface area contributed by atoms with E-state index in [-0.39, 0.29) is 11.7 Å². The Labute approximate surface area is 158 Å². The summed E-state index contributed by atoms with van der Waals surface area (Å²) in [6.45, 7) is 5.57. The van der Waals surface area contributed by atoms with Gasteiger partial charge in [-0.3, -0.25) is 9.59 Å². The van der Waals surface area contributed by atoms with E-state index in [0.29, 0.717) is 22.7 Å². The number of hydrogen-bond donors (Lipinski definition) is 2. The van der Waals surface area contributed by atoms with E-state index in [1.54, 1.807) is 36.6 Å². The number of nitrogens with two attached hydrogens (primary N) is 1. The average molecular weight is 362 g/mol. The molecule has 27 heavy (non-hydrogen) atoms. The normalized spacial score (nSPS) is 11.2. The number of benzene rings is 2. The quantitative estimate of drug-likeness (QED) is 0.505. The zero-order chi connectivity index (χ0) is 19.6. The van der Waals surface area contributed by atoms with Crippen LogP contribution in [0.3, 0.4) is 0 Å². The minimum atomic E-state index is -0.495. The molecule has 1 heterocycles. The van der Waals surface area contributed by atoms with Gasteiger partial charge in [0.1, 0.15) is 0 Å². The Morgan fingerprint density at radius 3 is 2.15 bits per heavy atom. The maximum atomic E-state index is 12.3. The van der Waals surface area contributed by atoms with E-state index >= 15 is 0 Å². The molecule has 0 spiro atoms. The van der Waals surface area contributed by atoms with Gasteiger partial charge >= 0.3 is 0 Å². The highest BCUT2D eigenvalue weighted by Gasteiger charge is 2.25. The van der Waals surface area contributed by atoms with Crippen molar-refractivity contribution in [2.24, 2.45) is 5.41 Å². The highest BCUT2D eigenvalue weighted by atomic mass is 16.3. The third kappa shape index (κ3) is 4.26. The molecule has 0 fully saturated rings. The first kappa shape index (κ1) is 18.5. The second-order valence-electron chi connectivity index (χ2n) is 7.43. The standard InChI is InChI=1S/C22H22N2O3/c1-22(2,3)20(25)19-12-16(13-27-19)14-6-10-18(11-7-14)24-21(26)15-4-8-17(23)9-5-15/h4-13H,23H2,1-3H3,(H,24,26). The summed E-state index contributed by atoms with van der Waals surface area (Å²) < 4.78 is 5.44. The van der Waals surface area contributed by atoms with Gasteiger partial charge in [-0.2, -0.15) is 0 Å². The van der Waals surface area contributed by atoms with Gasteiger partial charge in [0.25, 0.3) is 5.91 Å². The van der Waals surface area contributed by atoms with Crippen LogP contribution in [0.1, 0.15) is 41.7 Å². The first-order valence-corrected chi connectivity index (χ1v) is 8.65. The van der Waals surface area contributed by atoms with Crippen LogP contribution in [0.15, 0.2) is 65.3 Å². The lowest BCUT2D eigenvalue weighted by atomic mass is 9.89. The van der Waals surface area contributed by atoms with Crippen molar-refractivity contribution in [3.05, 3.63) is 72.2 Å². The van der Waals surface area contributed by atoms with Crippen molar-refractivity contribution in [2.45, 2.75) is 20.8 Å². The molecule has 5 heteroatoms. The predicted molar refractivity (Wildman–Crippen MR) is 107 cm³/mol. The Hall–Kier alpha value is -3.34. The van der Waals surface area contributed by atoms with Gasteiger partial charge in [0.05, 0.1) is 6.26 Å². The third-order valence-electron chi connectivity index (χ3n) is 4.15. The van der Waals surface area contributed by atoms with Crippen molar-refractivity contribution in [1.29, 1.82) is 0 Å². The summed E-state index contributed by atoms with van der Waals surface area (Å²) in [6.07, 6.45) is 1.57. The zero-order valence-corrected chi connectivity index (χ0v) is 15.6. The molecule has 3 N–H and O–H groups in total. The van der Waals surface area contributed by atoms with Crippen LogP contribution in [0.4, 0.5) is 11.4 Å². The second kappa shape index (κ2) is 7.11. The number of amides is 1. The van der Waals surface area contributed by atoms with Crippen LogP contribution in [-0.4, -0.2) is 11.7 Å². The van der Waals surface area contributed by atoms with Crippen LogP contribution in [0.5, 0.6) is 0 Å². The van der Waals surface area contributed by atoms with Crippen molar-refractivity contribution >= 4 is 23.1 Å². The number of nitrogen functional groups attached to an aromatic ring is 1. The van der Waals surface area contributed by atoms with Crippen LogP contribution < -0.4 is 11.1 Å². The topological polar surface area (TPSA) is 85.3 Å². The molecule has 0 unspecified atom stereocenters. The summed E-state index contributed by atoms with van der Waals surface area (Å²) in [5.41, 5.74) is 8.68. The van der Waals surface area contributed by atoms with E-state index in [0.717, 1.165) is 11.1 Å². The van der Waals surface area contributed by atoms with Gasteiger partial charge in [0.15, 0.2) is 5.76 Å². The summed E-state index contributed by atoms with van der Waals surface area (Å²) in [4.78, 5) is 24.5. The molecule has 0 aliphatic heterocycles. The molecule has 0 bridgehead atoms. The summed E-state index contributed by atoms with van der Waals surface area (Å²) in [6, 6.07) is 15.8. The van der Waals surface area contributed by atoms with Gasteiger partial charge in [0, 0.05) is 27.9 Å². The molecule has 5 nitrogen and oxygen atoms in total. The van der Waals surface area contributed by atoms with E-state index in [1.165, 1.54) is 0 Å². The van der Waals surface area contributed by atoms with E-state index < -0.39 is 5.41 Å². The van der Waals surface area contributed by atoms with Gasteiger partial charge in [-0.1, -0.05) is 32.9 Å². The molecule has 0 atom stereocenters. The number of furan rings is 1. The molecule has 0 aliphatic carbocycles. The molecular weight excluding hydrogens is 340 g/mol. The van der Waals surface area contributed by atoms with Crippen molar-refractivity contribution in [1.82, 2.24) is 0 Å². The number of rotatable bonds is 4. The average Bonchev–Trinajstić information content (AvgIpc) is 3.11. The summed E-state index contributed by atoms with van der Waals surface area (Å²) in [7, 11) is 0. The summed E-state index contributed by atoms with van der Waals surface area (Å²) in [5.74, 6) is 0.100. The van der Waals surface area contributed by atoms with Crippen molar-refractivity contribution in [3.8, 4) is 11.1 Å². The van der Waals surface area contributed by atoms with Crippen LogP contribution in [0.2, 0.25) is 0 Å². The predicted octanol–water partition coefficient (Wildman–Crippen LogP) is 5.01. The van der Waals surface area contributed by atoms with Crippen LogP contribution in [0, 0.1) is 5.41 Å². The molecule has 1 aromatic heterocycles. The van der Waals surface area contributed by atoms with Crippen LogP contribution in [-0.2, 0) is 0 Å². The number of ketones is 1. The lowest BCUT2D eigenvalue weighted by Crippen LogP contribution is -2.19. The van der Waals surface area contributed by atoms with Crippen molar-refractivity contribution in [2.75, 3.05) is 11.1 Å². The monoisotopic (exact) mass is 362 g/mol. The van der Waals surface area contributed by atoms with Crippen molar-refractivity contribution in [3.63, 3.8) is 0 Å². The number of nitrogens with one attached hydrogen (secondary N) is 1. The van der Waals surface area contributed by atoms with Crippen LogP contribution in [0.25, 0.3) is 11.1 Å². The Kier molecular flexibility index (Phi) is 4.86. The maximum absolute atomic E-state index is 12.3. The molecule has 138 valence electrons. The third-order valence-corrected chi connectivity index (χ3v) is 4.15. The second-order valence-corrected chi connectivity index (χ2v) is 7.43. The lowest BCUT2D eigenvalue weighted by Gasteiger charge is -2.13. The Morgan fingerprint density at radius 1 is 0.926 bits per heavy atom. The Balaban J connectivity index is 1.72. The molecule has 2 aromatic carbocycles. The number of carbonyl (C=O) groups excluding carboxylic acids is 2. The van der Waals surface area contributed by atoms with E-state index in [2.05, 4.69) is 5.32 Å². The molecule has 1 amide bonds. The van der Waals surface area contributed by atoms with Crippen molar-refractivity contribution < 1.29 is 14.0 Å². The van der Waals surface area contributed by atoms with Gasteiger partial charge in [-0.15, -0.1) is 0 Å². The number of Topliss-reactive ketones (excluding diaryl/α,β-unsaturated/α-hetero) is 1. The molecule has 0 aliphatic rings. The number of carbonyl (C=O) groups is 2. The molecule has 0 saturated carbocycles. The lowest BCUT2D eigenvalue weighted by molar-refractivity contribution is 0.0828. The highest BCUT2D eigenvalue weighted by Crippen LogP contribution is 2.28. The number of anilines is 2. The minimum Gasteiger partial charge on any atom is -0.461 e. The smallest absolute Gasteiger partial charge is 0.255 e. The fourth-order valence-electron chi connectivity index (χ4n) is 2.56. The highest BCUT2D eigenvalue weighted by molar-refractivity contribution is 6.04. The SMILES string of the molecule is CC(C)(C)C(=O)c1cc(-c2ccc(NC(=O)c3ccc(N)cc3)cc2)co1. The zero-order valence-electron chi connectivity index (χ0n) is 15.6. The summed E-state index contributed by atoms with van der Waals surface area (Å²) in [5, 5.41) is 2.84. The van der Waals surface area contributed by atoms with E-state index in [4.69, 9.17) is 10.2 Å². The van der Waals surface area contributed by atoms with Gasteiger partial charge in [0.2, 0.25) is 5.78 Å². The first-order chi connectivity index (χ1) is 12.7. The first-order valence-electron chi connectivity index (χ1n) is 8.65. The molecule has 3 aromatic rings. The Bertz CT molecular complexity index is 962. The summed E-state index contributed by atoms with van der Waals surface area (Å²) >= 11 is 0. The van der Waals surface area contributed by atoms with Gasteiger partial charge < -0.3 is 15.5 Å². The molecule has 0 radical (unpaired) electrons. The minimum absolute atomic E-state index is 0.0406. The van der Waals surface area contributed by atoms with Gasteiger partial charge in [-0.25, -0.2) is 0 Å². The maximum Gasteiger partial charge on any atom is 0.255 e. The molecule has 3 rings (SSSR count). The Morgan fingerprint density at radius 2 is 1.56 bits per heavy atom. The largest absolute Gasteiger partial charge is 0.461 e. The van der Waals surface area contributed by atoms with E-state index in [9.17, 15) is 9.59 Å². The van der Waals surface area contributed by atoms with Gasteiger partial charge in [-0.05, 0) is 48.0 Å². The molecular formula is C22H22N2O3. The van der Waals surface area contributed by atoms with E-state index in [1.807, 2.05) is 45.0 Å². The fourth-order valence-corrected chi connectivity index (χ4v) is 2.56. The van der Waals surface area contributed by atoms with Crippen LogP contribution >= 0.6 is 0 Å².